The second kappa shape index (κ2) is 9.87. The molecular formula is C32H44. The lowest BCUT2D eigenvalue weighted by Gasteiger charge is -2.31. The minimum Gasteiger partial charge on any atom is -0.0651 e. The maximum atomic E-state index is 3.65. The number of hydrogen-bond acceptors (Lipinski definition) is 0. The minimum atomic E-state index is 0.730. The van der Waals surface area contributed by atoms with Crippen LogP contribution in [0.15, 0.2) is 0 Å². The van der Waals surface area contributed by atoms with Gasteiger partial charge in [-0.1, -0.05) is 32.1 Å². The Morgan fingerprint density at radius 3 is 1.34 bits per heavy atom. The summed E-state index contributed by atoms with van der Waals surface area (Å²) in [4.78, 5) is 0. The van der Waals surface area contributed by atoms with E-state index in [4.69, 9.17) is 0 Å². The number of hydrogen-bond donors (Lipinski definition) is 0. The maximum Gasteiger partial charge on any atom is 0.0312 e. The van der Waals surface area contributed by atoms with Crippen molar-refractivity contribution in [3.8, 4) is 11.8 Å². The van der Waals surface area contributed by atoms with Crippen molar-refractivity contribution in [3.63, 3.8) is 0 Å². The molecule has 1 aliphatic rings. The van der Waals surface area contributed by atoms with Gasteiger partial charge in [-0.2, -0.15) is 0 Å². The number of benzene rings is 2. The van der Waals surface area contributed by atoms with Crippen LogP contribution >= 0.6 is 0 Å². The van der Waals surface area contributed by atoms with Gasteiger partial charge in [-0.15, -0.1) is 0 Å². The van der Waals surface area contributed by atoms with Crippen molar-refractivity contribution in [1.29, 1.82) is 0 Å². The van der Waals surface area contributed by atoms with Gasteiger partial charge in [-0.05, 0) is 155 Å². The third kappa shape index (κ3) is 4.29. The molecule has 0 bridgehead atoms. The van der Waals surface area contributed by atoms with Crippen LogP contribution in [0, 0.1) is 73.1 Å². The van der Waals surface area contributed by atoms with Gasteiger partial charge >= 0.3 is 0 Å². The van der Waals surface area contributed by atoms with Crippen LogP contribution in [0.2, 0.25) is 0 Å². The fraction of sp³-hybridized carbons (Fsp3) is 0.562. The molecule has 0 saturated heterocycles. The monoisotopic (exact) mass is 428 g/mol. The van der Waals surface area contributed by atoms with E-state index in [-0.39, 0.29) is 0 Å². The van der Waals surface area contributed by atoms with Gasteiger partial charge in [-0.25, -0.2) is 0 Å². The fourth-order valence-corrected chi connectivity index (χ4v) is 6.23. The quantitative estimate of drug-likeness (QED) is 0.428. The molecule has 1 saturated carbocycles. The Kier molecular flexibility index (Phi) is 7.60. The van der Waals surface area contributed by atoms with Gasteiger partial charge in [0.15, 0.2) is 0 Å². The van der Waals surface area contributed by atoms with Gasteiger partial charge < -0.3 is 0 Å². The molecule has 2 aromatic carbocycles. The summed E-state index contributed by atoms with van der Waals surface area (Å²) < 4.78 is 0. The summed E-state index contributed by atoms with van der Waals surface area (Å²) in [6.45, 7) is 22.9. The van der Waals surface area contributed by atoms with Crippen molar-refractivity contribution >= 4 is 0 Å². The minimum absolute atomic E-state index is 0.730. The van der Waals surface area contributed by atoms with Crippen LogP contribution in [0.3, 0.4) is 0 Å². The molecule has 1 fully saturated rings. The van der Waals surface area contributed by atoms with Crippen molar-refractivity contribution in [3.05, 3.63) is 66.8 Å². The van der Waals surface area contributed by atoms with E-state index >= 15 is 0 Å². The smallest absolute Gasteiger partial charge is 0.0312 e. The van der Waals surface area contributed by atoms with E-state index in [0.717, 1.165) is 18.3 Å². The molecule has 1 aliphatic carbocycles. The van der Waals surface area contributed by atoms with Gasteiger partial charge in [0.1, 0.15) is 0 Å². The Bertz CT molecular complexity index is 1020. The first-order chi connectivity index (χ1) is 15.1. The lowest BCUT2D eigenvalue weighted by Crippen LogP contribution is -2.16. The SMILES string of the molecule is CCc1c(C)c(C)c(C#Cc2c(C)c(C)c(C3CCC(CC)CC3)c(C)c2C)c(C)c1C. The molecule has 0 amide bonds. The third-order valence-corrected chi connectivity index (χ3v) is 8.96. The first-order valence-corrected chi connectivity index (χ1v) is 12.8. The van der Waals surface area contributed by atoms with Gasteiger partial charge in [0.2, 0.25) is 0 Å². The lowest BCUT2D eigenvalue weighted by atomic mass is 9.73. The van der Waals surface area contributed by atoms with Crippen molar-refractivity contribution in [2.75, 3.05) is 0 Å². The second-order valence-electron chi connectivity index (χ2n) is 10.4. The van der Waals surface area contributed by atoms with Gasteiger partial charge in [-0.3, -0.25) is 0 Å². The Morgan fingerprint density at radius 2 is 0.969 bits per heavy atom. The molecule has 0 radical (unpaired) electrons. The van der Waals surface area contributed by atoms with Crippen LogP contribution in [0.1, 0.15) is 119 Å². The summed E-state index contributed by atoms with van der Waals surface area (Å²) >= 11 is 0. The highest BCUT2D eigenvalue weighted by molar-refractivity contribution is 5.62. The van der Waals surface area contributed by atoms with E-state index in [1.54, 1.807) is 5.56 Å². The highest BCUT2D eigenvalue weighted by Gasteiger charge is 2.26. The summed E-state index contributed by atoms with van der Waals surface area (Å²) in [5.41, 5.74) is 16.9. The average Bonchev–Trinajstić information content (AvgIpc) is 2.79. The molecule has 0 nitrogen and oxygen atoms in total. The molecule has 0 heteroatoms. The molecule has 0 unspecified atom stereocenters. The molecule has 0 atom stereocenters. The first-order valence-electron chi connectivity index (χ1n) is 12.8. The zero-order valence-electron chi connectivity index (χ0n) is 22.4. The largest absolute Gasteiger partial charge is 0.0651 e. The highest BCUT2D eigenvalue weighted by atomic mass is 14.3. The molecule has 172 valence electrons. The van der Waals surface area contributed by atoms with Crippen LogP contribution in [-0.4, -0.2) is 0 Å². The summed E-state index contributed by atoms with van der Waals surface area (Å²) in [6, 6.07) is 0. The average molecular weight is 429 g/mol. The lowest BCUT2D eigenvalue weighted by molar-refractivity contribution is 0.317. The third-order valence-electron chi connectivity index (χ3n) is 8.96. The van der Waals surface area contributed by atoms with Crippen LogP contribution < -0.4 is 0 Å². The maximum absolute atomic E-state index is 3.65. The van der Waals surface area contributed by atoms with Gasteiger partial charge in [0.25, 0.3) is 0 Å². The van der Waals surface area contributed by atoms with Crippen molar-refractivity contribution in [1.82, 2.24) is 0 Å². The van der Waals surface area contributed by atoms with Crippen molar-refractivity contribution in [2.24, 2.45) is 5.92 Å². The van der Waals surface area contributed by atoms with Crippen molar-refractivity contribution < 1.29 is 0 Å². The fourth-order valence-electron chi connectivity index (χ4n) is 6.23. The molecular weight excluding hydrogens is 384 g/mol. The van der Waals surface area contributed by atoms with Gasteiger partial charge in [0, 0.05) is 11.1 Å². The van der Waals surface area contributed by atoms with Crippen LogP contribution in [0.25, 0.3) is 0 Å². The standard InChI is InChI=1S/C32H44/c1-11-27-13-15-28(16-14-27)32-25(9)23(7)31(24(8)26(32)10)18-17-30-21(5)19(3)29(12-2)20(4)22(30)6/h27-28H,11-16H2,1-10H3. The zero-order chi connectivity index (χ0) is 23.7. The molecule has 0 aromatic heterocycles. The Hall–Kier alpha value is -2.00. The molecule has 0 heterocycles. The van der Waals surface area contributed by atoms with E-state index in [0.29, 0.717) is 0 Å². The predicted octanol–water partition coefficient (Wildman–Crippen LogP) is 8.80. The highest BCUT2D eigenvalue weighted by Crippen LogP contribution is 2.41. The zero-order valence-corrected chi connectivity index (χ0v) is 22.4. The second-order valence-corrected chi connectivity index (χ2v) is 10.4. The van der Waals surface area contributed by atoms with E-state index in [1.165, 1.54) is 93.3 Å². The summed E-state index contributed by atoms with van der Waals surface area (Å²) in [7, 11) is 0. The summed E-state index contributed by atoms with van der Waals surface area (Å²) in [5.74, 6) is 8.95. The molecule has 2 aromatic rings. The van der Waals surface area contributed by atoms with Gasteiger partial charge in [0.05, 0.1) is 0 Å². The topological polar surface area (TPSA) is 0 Å². The van der Waals surface area contributed by atoms with Crippen molar-refractivity contribution in [2.45, 2.75) is 114 Å². The molecule has 0 aliphatic heterocycles. The van der Waals surface area contributed by atoms with Crippen LogP contribution in [-0.2, 0) is 6.42 Å². The molecule has 0 N–H and O–H groups in total. The van der Waals surface area contributed by atoms with Crippen LogP contribution in [0.5, 0.6) is 0 Å². The Labute approximate surface area is 198 Å². The van der Waals surface area contributed by atoms with E-state index < -0.39 is 0 Å². The van der Waals surface area contributed by atoms with E-state index in [9.17, 15) is 0 Å². The summed E-state index contributed by atoms with van der Waals surface area (Å²) in [5, 5.41) is 0. The Balaban J connectivity index is 2.07. The summed E-state index contributed by atoms with van der Waals surface area (Å²) in [6.07, 6.45) is 7.92. The predicted molar refractivity (Wildman–Crippen MR) is 141 cm³/mol. The Morgan fingerprint density at radius 1 is 0.562 bits per heavy atom. The molecule has 0 spiro atoms. The van der Waals surface area contributed by atoms with E-state index in [1.807, 2.05) is 0 Å². The van der Waals surface area contributed by atoms with E-state index in [2.05, 4.69) is 81.1 Å². The van der Waals surface area contributed by atoms with Crippen LogP contribution in [0.4, 0.5) is 0 Å². The molecule has 3 rings (SSSR count). The normalized spacial score (nSPS) is 18.4. The first kappa shape index (κ1) is 24.6. The number of rotatable bonds is 3. The molecule has 32 heavy (non-hydrogen) atoms.